The molecule has 0 aliphatic carbocycles. The van der Waals surface area contributed by atoms with Crippen molar-refractivity contribution in [2.24, 2.45) is 0 Å². The maximum atomic E-state index is 4.17. The van der Waals surface area contributed by atoms with E-state index in [2.05, 4.69) is 46.1 Å². The molecule has 17 heavy (non-hydrogen) atoms. The van der Waals surface area contributed by atoms with Gasteiger partial charge in [-0.05, 0) is 37.0 Å². The molecule has 2 aromatic rings. The molecule has 1 unspecified atom stereocenters. The summed E-state index contributed by atoms with van der Waals surface area (Å²) in [7, 11) is 1.99. The Balaban J connectivity index is 2.17. The van der Waals surface area contributed by atoms with Crippen LogP contribution in [-0.4, -0.2) is 16.6 Å². The van der Waals surface area contributed by atoms with Crippen molar-refractivity contribution in [1.82, 2.24) is 14.9 Å². The van der Waals surface area contributed by atoms with Gasteiger partial charge < -0.3 is 5.32 Å². The lowest BCUT2D eigenvalue weighted by molar-refractivity contribution is 0.595. The van der Waals surface area contributed by atoms with Crippen molar-refractivity contribution in [3.8, 4) is 0 Å². The summed E-state index contributed by atoms with van der Waals surface area (Å²) in [6, 6.07) is 10.8. The maximum absolute atomic E-state index is 4.17. The zero-order valence-corrected chi connectivity index (χ0v) is 11.0. The van der Waals surface area contributed by atoms with Gasteiger partial charge in [-0.15, -0.1) is 5.10 Å². The van der Waals surface area contributed by atoms with Crippen LogP contribution < -0.4 is 5.32 Å². The fourth-order valence-electron chi connectivity index (χ4n) is 1.90. The Kier molecular flexibility index (Phi) is 4.23. The van der Waals surface area contributed by atoms with E-state index in [1.54, 1.807) is 0 Å². The van der Waals surface area contributed by atoms with Crippen molar-refractivity contribution >= 4 is 11.5 Å². The summed E-state index contributed by atoms with van der Waals surface area (Å²) in [4.78, 5) is 1.26. The first kappa shape index (κ1) is 12.2. The molecular weight excluding hydrogens is 230 g/mol. The van der Waals surface area contributed by atoms with Crippen LogP contribution in [0.3, 0.4) is 0 Å². The molecule has 0 saturated heterocycles. The van der Waals surface area contributed by atoms with Crippen molar-refractivity contribution in [2.75, 3.05) is 7.05 Å². The highest BCUT2D eigenvalue weighted by Gasteiger charge is 2.17. The summed E-state index contributed by atoms with van der Waals surface area (Å²) in [5, 5.41) is 7.53. The molecule has 1 N–H and O–H groups in total. The van der Waals surface area contributed by atoms with E-state index in [1.807, 2.05) is 13.1 Å². The second-order valence-electron chi connectivity index (χ2n) is 3.97. The molecule has 1 atom stereocenters. The van der Waals surface area contributed by atoms with E-state index in [4.69, 9.17) is 0 Å². The Morgan fingerprint density at radius 2 is 2.06 bits per heavy atom. The van der Waals surface area contributed by atoms with Crippen molar-refractivity contribution in [1.29, 1.82) is 0 Å². The summed E-state index contributed by atoms with van der Waals surface area (Å²) in [5.74, 6) is 0. The van der Waals surface area contributed by atoms with Crippen LogP contribution in [0.1, 0.15) is 29.1 Å². The van der Waals surface area contributed by atoms with Gasteiger partial charge in [0, 0.05) is 6.04 Å². The molecule has 2 rings (SSSR count). The molecule has 3 nitrogen and oxygen atoms in total. The number of benzene rings is 1. The SMILES string of the molecule is CCc1nnsc1C(Cc1ccccc1)NC. The van der Waals surface area contributed by atoms with Gasteiger partial charge in [-0.3, -0.25) is 0 Å². The normalized spacial score (nSPS) is 12.6. The largest absolute Gasteiger partial charge is 0.312 e. The minimum absolute atomic E-state index is 0.312. The molecule has 0 radical (unpaired) electrons. The third-order valence-corrected chi connectivity index (χ3v) is 3.75. The van der Waals surface area contributed by atoms with Crippen molar-refractivity contribution in [2.45, 2.75) is 25.8 Å². The van der Waals surface area contributed by atoms with Gasteiger partial charge in [0.15, 0.2) is 0 Å². The zero-order valence-electron chi connectivity index (χ0n) is 10.2. The number of nitrogens with one attached hydrogen (secondary N) is 1. The van der Waals surface area contributed by atoms with Gasteiger partial charge in [-0.25, -0.2) is 0 Å². The Morgan fingerprint density at radius 3 is 2.71 bits per heavy atom. The van der Waals surface area contributed by atoms with Crippen LogP contribution in [-0.2, 0) is 12.8 Å². The minimum Gasteiger partial charge on any atom is -0.312 e. The van der Waals surface area contributed by atoms with E-state index in [0.29, 0.717) is 6.04 Å². The standard InChI is InChI=1S/C13H17N3S/c1-3-11-13(17-16-15-11)12(14-2)9-10-7-5-4-6-8-10/h4-8,12,14H,3,9H2,1-2H3. The molecule has 1 aromatic carbocycles. The molecule has 0 aliphatic heterocycles. The van der Waals surface area contributed by atoms with Gasteiger partial charge in [0.1, 0.15) is 0 Å². The van der Waals surface area contributed by atoms with Gasteiger partial charge >= 0.3 is 0 Å². The number of aryl methyl sites for hydroxylation is 1. The van der Waals surface area contributed by atoms with Crippen LogP contribution in [0.15, 0.2) is 30.3 Å². The molecule has 0 saturated carbocycles. The molecule has 0 bridgehead atoms. The molecular formula is C13H17N3S. The Labute approximate surface area is 106 Å². The highest BCUT2D eigenvalue weighted by Crippen LogP contribution is 2.24. The number of aromatic nitrogens is 2. The predicted molar refractivity (Wildman–Crippen MR) is 71.2 cm³/mol. The summed E-state index contributed by atoms with van der Waals surface area (Å²) >= 11 is 1.50. The third kappa shape index (κ3) is 2.90. The van der Waals surface area contributed by atoms with Crippen LogP contribution in [0, 0.1) is 0 Å². The zero-order chi connectivity index (χ0) is 12.1. The number of nitrogens with zero attached hydrogens (tertiary/aromatic N) is 2. The Hall–Kier alpha value is -1.26. The van der Waals surface area contributed by atoms with Gasteiger partial charge in [0.05, 0.1) is 10.6 Å². The molecule has 90 valence electrons. The fourth-order valence-corrected chi connectivity index (χ4v) is 2.75. The smallest absolute Gasteiger partial charge is 0.0801 e. The molecule has 0 fully saturated rings. The summed E-state index contributed by atoms with van der Waals surface area (Å²) in [6.45, 7) is 2.12. The average molecular weight is 247 g/mol. The molecule has 1 aromatic heterocycles. The van der Waals surface area contributed by atoms with E-state index >= 15 is 0 Å². The highest BCUT2D eigenvalue weighted by molar-refractivity contribution is 7.05. The van der Waals surface area contributed by atoms with Crippen LogP contribution >= 0.6 is 11.5 Å². The Morgan fingerprint density at radius 1 is 1.29 bits per heavy atom. The molecule has 0 spiro atoms. The summed E-state index contributed by atoms with van der Waals surface area (Å²) in [6.07, 6.45) is 1.92. The number of rotatable bonds is 5. The molecule has 1 heterocycles. The maximum Gasteiger partial charge on any atom is 0.0801 e. The third-order valence-electron chi connectivity index (χ3n) is 2.87. The predicted octanol–water partition coefficient (Wildman–Crippen LogP) is 2.60. The topological polar surface area (TPSA) is 37.8 Å². The molecule has 0 amide bonds. The van der Waals surface area contributed by atoms with Gasteiger partial charge in [-0.2, -0.15) is 0 Å². The first-order valence-corrected chi connectivity index (χ1v) is 6.64. The molecule has 4 heteroatoms. The monoisotopic (exact) mass is 247 g/mol. The fraction of sp³-hybridized carbons (Fsp3) is 0.385. The Bertz CT molecular complexity index is 453. The van der Waals surface area contributed by atoms with Gasteiger partial charge in [-0.1, -0.05) is 41.7 Å². The second kappa shape index (κ2) is 5.89. The summed E-state index contributed by atoms with van der Waals surface area (Å²) in [5.41, 5.74) is 2.45. The van der Waals surface area contributed by atoms with E-state index in [-0.39, 0.29) is 0 Å². The first-order chi connectivity index (χ1) is 8.35. The summed E-state index contributed by atoms with van der Waals surface area (Å²) < 4.78 is 4.06. The van der Waals surface area contributed by atoms with E-state index < -0.39 is 0 Å². The average Bonchev–Trinajstić information content (AvgIpc) is 2.85. The van der Waals surface area contributed by atoms with Crippen LogP contribution in [0.2, 0.25) is 0 Å². The van der Waals surface area contributed by atoms with Crippen LogP contribution in [0.25, 0.3) is 0 Å². The van der Waals surface area contributed by atoms with Gasteiger partial charge in [0.25, 0.3) is 0 Å². The van der Waals surface area contributed by atoms with Crippen LogP contribution in [0.4, 0.5) is 0 Å². The van der Waals surface area contributed by atoms with E-state index in [0.717, 1.165) is 18.5 Å². The van der Waals surface area contributed by atoms with Crippen molar-refractivity contribution in [3.63, 3.8) is 0 Å². The number of hydrogen-bond acceptors (Lipinski definition) is 4. The van der Waals surface area contributed by atoms with Gasteiger partial charge in [0.2, 0.25) is 0 Å². The van der Waals surface area contributed by atoms with Crippen molar-refractivity contribution < 1.29 is 0 Å². The lowest BCUT2D eigenvalue weighted by Gasteiger charge is -2.15. The highest BCUT2D eigenvalue weighted by atomic mass is 32.1. The molecule has 0 aliphatic rings. The van der Waals surface area contributed by atoms with E-state index in [9.17, 15) is 0 Å². The number of hydrogen-bond donors (Lipinski definition) is 1. The van der Waals surface area contributed by atoms with Crippen molar-refractivity contribution in [3.05, 3.63) is 46.5 Å². The lowest BCUT2D eigenvalue weighted by atomic mass is 10.0. The number of likely N-dealkylation sites (N-methyl/N-ethyl adjacent to an activating group) is 1. The minimum atomic E-state index is 0.312. The quantitative estimate of drug-likeness (QED) is 0.882. The lowest BCUT2D eigenvalue weighted by Crippen LogP contribution is -2.19. The van der Waals surface area contributed by atoms with E-state index in [1.165, 1.54) is 22.0 Å². The second-order valence-corrected chi connectivity index (χ2v) is 4.75. The van der Waals surface area contributed by atoms with Crippen LogP contribution in [0.5, 0.6) is 0 Å². The first-order valence-electron chi connectivity index (χ1n) is 5.87.